The molecule has 0 aliphatic rings. The minimum atomic E-state index is -0.993. The summed E-state index contributed by atoms with van der Waals surface area (Å²) in [6.45, 7) is 0.237. The third-order valence-corrected chi connectivity index (χ3v) is 7.09. The van der Waals surface area contributed by atoms with Crippen LogP contribution >= 0.6 is 11.6 Å². The summed E-state index contributed by atoms with van der Waals surface area (Å²) in [5.74, 6) is 0.489. The highest BCUT2D eigenvalue weighted by Gasteiger charge is 2.18. The van der Waals surface area contributed by atoms with Gasteiger partial charge in [0, 0.05) is 44.1 Å². The maximum absolute atomic E-state index is 10.1. The van der Waals surface area contributed by atoms with Gasteiger partial charge in [0.15, 0.2) is 22.6 Å². The Morgan fingerprint density at radius 2 is 1.44 bits per heavy atom. The molecule has 0 aliphatic heterocycles. The van der Waals surface area contributed by atoms with E-state index >= 15 is 0 Å². The number of aliphatic hydroxyl groups excluding tert-OH is 6. The van der Waals surface area contributed by atoms with Crippen LogP contribution in [0.5, 0.6) is 0 Å². The predicted octanol–water partition coefficient (Wildman–Crippen LogP) is -0.303. The molecule has 0 aliphatic carbocycles. The lowest BCUT2D eigenvalue weighted by Gasteiger charge is -2.32. The van der Waals surface area contributed by atoms with Crippen molar-refractivity contribution in [2.75, 3.05) is 80.8 Å². The number of aliphatic hydroxyl groups is 6. The molecule has 2 rings (SSSR count). The summed E-state index contributed by atoms with van der Waals surface area (Å²) in [5, 5.41) is 68.9. The molecular formula is C28H47ClN8O6. The first kappa shape index (κ1) is 36.4. The molecule has 0 unspecified atom stereocenters. The minimum Gasteiger partial charge on any atom is -0.394 e. The number of hydrogen-bond acceptors (Lipinski definition) is 14. The standard InChI is InChI=1S/C28H47ClN8O6/c29-25-26(31)35-27(32)28(34-25)33-12-20(30)5-3-1-2-4-19-6-8-21(9-7-19)37(15-24(43)18-40)11-10-36(13-22(41)16-38)14-23(42)17-39/h6-9,22-24,30,38-43H,1-5,10-18H2,(H,33,34)(H4,31,32,35)/t22-,23-,24-/m0/s1. The van der Waals surface area contributed by atoms with Crippen LogP contribution in [-0.4, -0.2) is 129 Å². The van der Waals surface area contributed by atoms with Gasteiger partial charge in [0.2, 0.25) is 0 Å². The molecule has 0 radical (unpaired) electrons. The number of nitrogens with zero attached hydrogens (tertiary/aromatic N) is 4. The van der Waals surface area contributed by atoms with Crippen molar-refractivity contribution < 1.29 is 30.6 Å². The number of nitrogens with two attached hydrogens (primary N) is 2. The van der Waals surface area contributed by atoms with Crippen LogP contribution in [0.25, 0.3) is 0 Å². The molecule has 1 heterocycles. The fourth-order valence-electron chi connectivity index (χ4n) is 4.44. The molecule has 1 aromatic carbocycles. The molecule has 14 nitrogen and oxygen atoms in total. The molecule has 242 valence electrons. The van der Waals surface area contributed by atoms with E-state index in [9.17, 15) is 30.6 Å². The summed E-state index contributed by atoms with van der Waals surface area (Å²) in [5.41, 5.74) is 13.9. The van der Waals surface area contributed by atoms with Gasteiger partial charge in [-0.25, -0.2) is 9.97 Å². The molecule has 3 atom stereocenters. The van der Waals surface area contributed by atoms with Crippen LogP contribution < -0.4 is 21.7 Å². The van der Waals surface area contributed by atoms with E-state index in [4.69, 9.17) is 28.5 Å². The Kier molecular flexibility index (Phi) is 16.5. The summed E-state index contributed by atoms with van der Waals surface area (Å²) < 4.78 is 0. The molecule has 0 bridgehead atoms. The van der Waals surface area contributed by atoms with Crippen LogP contribution in [0, 0.1) is 5.41 Å². The molecular weight excluding hydrogens is 580 g/mol. The Labute approximate surface area is 257 Å². The van der Waals surface area contributed by atoms with Crippen molar-refractivity contribution in [1.82, 2.24) is 14.9 Å². The summed E-state index contributed by atoms with van der Waals surface area (Å²) in [4.78, 5) is 11.6. The largest absolute Gasteiger partial charge is 0.394 e. The Hall–Kier alpha value is -2.82. The van der Waals surface area contributed by atoms with Crippen LogP contribution in [0.4, 0.5) is 23.1 Å². The number of benzene rings is 1. The smallest absolute Gasteiger partial charge is 0.173 e. The van der Waals surface area contributed by atoms with Crippen LogP contribution in [0.2, 0.25) is 5.15 Å². The maximum Gasteiger partial charge on any atom is 0.173 e. The van der Waals surface area contributed by atoms with Crippen molar-refractivity contribution in [3.8, 4) is 0 Å². The van der Waals surface area contributed by atoms with Crippen molar-refractivity contribution in [3.05, 3.63) is 35.0 Å². The highest BCUT2D eigenvalue weighted by Crippen LogP contribution is 2.21. The zero-order valence-electron chi connectivity index (χ0n) is 24.4. The van der Waals surface area contributed by atoms with Crippen molar-refractivity contribution >= 4 is 40.5 Å². The number of aromatic nitrogens is 2. The molecule has 2 aromatic rings. The van der Waals surface area contributed by atoms with Gasteiger partial charge in [-0.2, -0.15) is 0 Å². The van der Waals surface area contributed by atoms with E-state index in [0.717, 1.165) is 36.9 Å². The van der Waals surface area contributed by atoms with E-state index in [1.165, 1.54) is 0 Å². The topological polar surface area (TPSA) is 242 Å². The van der Waals surface area contributed by atoms with Gasteiger partial charge in [-0.1, -0.05) is 30.2 Å². The second-order valence-corrected chi connectivity index (χ2v) is 10.9. The maximum atomic E-state index is 10.1. The lowest BCUT2D eigenvalue weighted by Crippen LogP contribution is -2.45. The summed E-state index contributed by atoms with van der Waals surface area (Å²) in [6.07, 6.45) is 1.32. The van der Waals surface area contributed by atoms with E-state index < -0.39 is 38.1 Å². The minimum absolute atomic E-state index is 0.0576. The van der Waals surface area contributed by atoms with Crippen molar-refractivity contribution in [1.29, 1.82) is 5.41 Å². The first-order valence-electron chi connectivity index (χ1n) is 14.4. The van der Waals surface area contributed by atoms with E-state index in [0.29, 0.717) is 31.0 Å². The average Bonchev–Trinajstić information content (AvgIpc) is 2.99. The molecule has 1 aromatic heterocycles. The van der Waals surface area contributed by atoms with Gasteiger partial charge in [-0.15, -0.1) is 0 Å². The van der Waals surface area contributed by atoms with Gasteiger partial charge in [-0.3, -0.25) is 4.90 Å². The number of unbranched alkanes of at least 4 members (excludes halogenated alkanes) is 2. The van der Waals surface area contributed by atoms with Gasteiger partial charge >= 0.3 is 0 Å². The molecule has 0 saturated heterocycles. The number of nitrogen functional groups attached to an aromatic ring is 2. The lowest BCUT2D eigenvalue weighted by molar-refractivity contribution is 0.0240. The van der Waals surface area contributed by atoms with E-state index in [1.807, 2.05) is 29.2 Å². The summed E-state index contributed by atoms with van der Waals surface area (Å²) in [7, 11) is 0. The third kappa shape index (κ3) is 13.6. The molecule has 0 fully saturated rings. The Morgan fingerprint density at radius 3 is 2.05 bits per heavy atom. The first-order chi connectivity index (χ1) is 20.6. The molecule has 0 saturated carbocycles. The number of anilines is 4. The van der Waals surface area contributed by atoms with Gasteiger partial charge in [0.05, 0.1) is 44.7 Å². The van der Waals surface area contributed by atoms with Crippen molar-refractivity contribution in [2.24, 2.45) is 0 Å². The predicted molar refractivity (Wildman–Crippen MR) is 169 cm³/mol. The Morgan fingerprint density at radius 1 is 0.837 bits per heavy atom. The van der Waals surface area contributed by atoms with Gasteiger partial charge < -0.3 is 57.7 Å². The van der Waals surface area contributed by atoms with Gasteiger partial charge in [0.1, 0.15) is 0 Å². The SMILES string of the molecule is N=C(CCCCCc1ccc(N(CCN(C[C@H](O)CO)C[C@H](O)CO)C[C@H](O)CO)cc1)CNc1nc(Cl)c(N)nc1N. The summed E-state index contributed by atoms with van der Waals surface area (Å²) >= 11 is 5.88. The molecule has 0 spiro atoms. The average molecular weight is 627 g/mol. The fraction of sp³-hybridized carbons (Fsp3) is 0.607. The molecule has 15 heteroatoms. The zero-order valence-corrected chi connectivity index (χ0v) is 25.2. The number of halogens is 1. The van der Waals surface area contributed by atoms with E-state index in [1.54, 1.807) is 4.90 Å². The van der Waals surface area contributed by atoms with Crippen LogP contribution in [0.1, 0.15) is 31.2 Å². The van der Waals surface area contributed by atoms with Crippen LogP contribution in [0.3, 0.4) is 0 Å². The monoisotopic (exact) mass is 626 g/mol. The molecule has 0 amide bonds. The highest BCUT2D eigenvalue weighted by atomic mass is 35.5. The normalized spacial score (nSPS) is 13.6. The Bertz CT molecular complexity index is 1090. The first-order valence-corrected chi connectivity index (χ1v) is 14.8. The number of aryl methyl sites for hydroxylation is 1. The molecule has 43 heavy (non-hydrogen) atoms. The third-order valence-electron chi connectivity index (χ3n) is 6.81. The fourth-order valence-corrected chi connectivity index (χ4v) is 4.56. The highest BCUT2D eigenvalue weighted by molar-refractivity contribution is 6.31. The zero-order chi connectivity index (χ0) is 31.8. The van der Waals surface area contributed by atoms with Gasteiger partial charge in [-0.05, 0) is 43.4 Å². The number of nitrogens with one attached hydrogen (secondary N) is 2. The molecule has 12 N–H and O–H groups in total. The van der Waals surface area contributed by atoms with Crippen LogP contribution in [-0.2, 0) is 6.42 Å². The second kappa shape index (κ2) is 19.5. The van der Waals surface area contributed by atoms with E-state index in [-0.39, 0.29) is 43.0 Å². The van der Waals surface area contributed by atoms with E-state index in [2.05, 4.69) is 15.3 Å². The second-order valence-electron chi connectivity index (χ2n) is 10.5. The Balaban J connectivity index is 1.83. The number of rotatable bonds is 22. The lowest BCUT2D eigenvalue weighted by atomic mass is 10.0. The van der Waals surface area contributed by atoms with Crippen molar-refractivity contribution in [3.63, 3.8) is 0 Å². The van der Waals surface area contributed by atoms with Crippen molar-refractivity contribution in [2.45, 2.75) is 50.4 Å². The van der Waals surface area contributed by atoms with Crippen LogP contribution in [0.15, 0.2) is 24.3 Å². The van der Waals surface area contributed by atoms with Gasteiger partial charge in [0.25, 0.3) is 0 Å². The quantitative estimate of drug-likeness (QED) is 0.0597. The number of hydrogen-bond donors (Lipinski definition) is 10. The summed E-state index contributed by atoms with van der Waals surface area (Å²) in [6, 6.07) is 7.94.